The minimum Gasteiger partial charge on any atom is -0.382 e. The maximum atomic E-state index is 13.2. The van der Waals surface area contributed by atoms with Crippen LogP contribution in [-0.2, 0) is 36.8 Å². The van der Waals surface area contributed by atoms with Crippen LogP contribution in [0.1, 0.15) is 43.2 Å². The largest absolute Gasteiger partial charge is 0.382 e. The van der Waals surface area contributed by atoms with Gasteiger partial charge in [-0.3, -0.25) is 19.2 Å². The van der Waals surface area contributed by atoms with Crippen molar-refractivity contribution in [3.63, 3.8) is 0 Å². The van der Waals surface area contributed by atoms with Gasteiger partial charge in [0.2, 0.25) is 11.8 Å². The van der Waals surface area contributed by atoms with Crippen LogP contribution >= 0.6 is 0 Å². The van der Waals surface area contributed by atoms with Gasteiger partial charge in [-0.15, -0.1) is 0 Å². The van der Waals surface area contributed by atoms with Crippen molar-refractivity contribution < 1.29 is 23.9 Å². The summed E-state index contributed by atoms with van der Waals surface area (Å²) in [6.07, 6.45) is 2.31. The number of carbonyl (C=O) groups is 4. The first-order valence-electron chi connectivity index (χ1n) is 13.5. The minimum absolute atomic E-state index is 0.0117. The van der Waals surface area contributed by atoms with Gasteiger partial charge in [-0.05, 0) is 41.2 Å². The summed E-state index contributed by atoms with van der Waals surface area (Å²) in [6.45, 7) is 0.0117. The van der Waals surface area contributed by atoms with Crippen LogP contribution in [-0.4, -0.2) is 50.2 Å². The number of fused-ring (bicyclic) bond motifs is 1. The van der Waals surface area contributed by atoms with Gasteiger partial charge >= 0.3 is 0 Å². The SMILES string of the molecule is CNC(=O)C[C@H](CC(=O)CCCc1ccccc1)C(=O)N[C@@H](COC)C(=O)CCc1cccc2ccccc12. The van der Waals surface area contributed by atoms with Crippen molar-refractivity contribution in [2.45, 2.75) is 51.0 Å². The fourth-order valence-corrected chi connectivity index (χ4v) is 4.71. The van der Waals surface area contributed by atoms with Crippen LogP contribution in [0, 0.1) is 5.92 Å². The molecule has 0 aliphatic heterocycles. The molecule has 2 amide bonds. The zero-order valence-electron chi connectivity index (χ0n) is 22.8. The number of amides is 2. The molecule has 0 bridgehead atoms. The molecule has 0 aliphatic carbocycles. The predicted molar refractivity (Wildman–Crippen MR) is 152 cm³/mol. The lowest BCUT2D eigenvalue weighted by atomic mass is 9.93. The molecule has 2 N–H and O–H groups in total. The van der Waals surface area contributed by atoms with Crippen LogP contribution in [0.25, 0.3) is 10.8 Å². The van der Waals surface area contributed by atoms with E-state index in [4.69, 9.17) is 4.74 Å². The van der Waals surface area contributed by atoms with Gasteiger partial charge in [0, 0.05) is 39.8 Å². The highest BCUT2D eigenvalue weighted by atomic mass is 16.5. The van der Waals surface area contributed by atoms with E-state index in [1.165, 1.54) is 14.2 Å². The van der Waals surface area contributed by atoms with E-state index in [2.05, 4.69) is 10.6 Å². The molecule has 0 unspecified atom stereocenters. The van der Waals surface area contributed by atoms with Gasteiger partial charge < -0.3 is 15.4 Å². The molecule has 0 heterocycles. The number of benzene rings is 3. The number of methoxy groups -OCH3 is 1. The highest BCUT2D eigenvalue weighted by molar-refractivity contribution is 5.94. The quantitative estimate of drug-likeness (QED) is 0.289. The highest BCUT2D eigenvalue weighted by Gasteiger charge is 2.28. The van der Waals surface area contributed by atoms with Crippen molar-refractivity contribution in [2.75, 3.05) is 20.8 Å². The number of ether oxygens (including phenoxy) is 1. The molecule has 0 spiro atoms. The molecular formula is C32H38N2O5. The summed E-state index contributed by atoms with van der Waals surface area (Å²) in [6, 6.07) is 23.0. The van der Waals surface area contributed by atoms with Crippen molar-refractivity contribution in [1.82, 2.24) is 10.6 Å². The Morgan fingerprint density at radius 1 is 0.821 bits per heavy atom. The molecule has 3 aromatic carbocycles. The number of carbonyl (C=O) groups excluding carboxylic acids is 4. The number of ketones is 2. The van der Waals surface area contributed by atoms with Gasteiger partial charge in [0.15, 0.2) is 5.78 Å². The fraction of sp³-hybridized carbons (Fsp3) is 0.375. The maximum absolute atomic E-state index is 13.2. The third-order valence-electron chi connectivity index (χ3n) is 6.88. The Labute approximate surface area is 230 Å². The maximum Gasteiger partial charge on any atom is 0.224 e. The first kappa shape index (κ1) is 29.7. The lowest BCUT2D eigenvalue weighted by Gasteiger charge is -2.21. The lowest BCUT2D eigenvalue weighted by Crippen LogP contribution is -2.47. The molecule has 7 nitrogen and oxygen atoms in total. The van der Waals surface area contributed by atoms with Gasteiger partial charge in [-0.1, -0.05) is 72.8 Å². The van der Waals surface area contributed by atoms with E-state index in [1.807, 2.05) is 72.8 Å². The smallest absolute Gasteiger partial charge is 0.224 e. The number of hydrogen-bond donors (Lipinski definition) is 2. The van der Waals surface area contributed by atoms with E-state index in [0.29, 0.717) is 19.3 Å². The van der Waals surface area contributed by atoms with E-state index < -0.39 is 17.9 Å². The Kier molecular flexibility index (Phi) is 11.8. The van der Waals surface area contributed by atoms with Crippen LogP contribution in [0.15, 0.2) is 72.8 Å². The number of nitrogens with one attached hydrogen (secondary N) is 2. The molecule has 0 fully saturated rings. The van der Waals surface area contributed by atoms with Gasteiger partial charge in [0.25, 0.3) is 0 Å². The fourth-order valence-electron chi connectivity index (χ4n) is 4.71. The molecular weight excluding hydrogens is 492 g/mol. The number of aryl methyl sites for hydroxylation is 2. The van der Waals surface area contributed by atoms with E-state index >= 15 is 0 Å². The molecule has 39 heavy (non-hydrogen) atoms. The summed E-state index contributed by atoms with van der Waals surface area (Å²) >= 11 is 0. The second kappa shape index (κ2) is 15.5. The van der Waals surface area contributed by atoms with Crippen LogP contribution < -0.4 is 10.6 Å². The standard InChI is InChI=1S/C32H38N2O5/c1-33-31(37)21-26(20-27(35)16-8-12-23-10-4-3-5-11-23)32(38)34-29(22-39-2)30(36)19-18-25-15-9-14-24-13-6-7-17-28(24)25/h3-7,9-11,13-15,17,26,29H,8,12,16,18-22H2,1-2H3,(H,33,37)(H,34,38)/t26-,29-/m0/s1. The Morgan fingerprint density at radius 2 is 1.54 bits per heavy atom. The van der Waals surface area contributed by atoms with E-state index in [1.54, 1.807) is 0 Å². The second-order valence-electron chi connectivity index (χ2n) is 9.78. The molecule has 206 valence electrons. The molecule has 0 saturated carbocycles. The summed E-state index contributed by atoms with van der Waals surface area (Å²) in [7, 11) is 2.96. The van der Waals surface area contributed by atoms with Gasteiger partial charge in [0.05, 0.1) is 12.5 Å². The molecule has 3 rings (SSSR count). The van der Waals surface area contributed by atoms with Crippen molar-refractivity contribution in [2.24, 2.45) is 5.92 Å². The molecule has 2 atom stereocenters. The Hall–Kier alpha value is -3.84. The molecule has 0 aliphatic rings. The van der Waals surface area contributed by atoms with E-state index in [-0.39, 0.29) is 43.3 Å². The first-order valence-corrected chi connectivity index (χ1v) is 13.5. The van der Waals surface area contributed by atoms with Crippen LogP contribution in [0.4, 0.5) is 0 Å². The molecule has 7 heteroatoms. The Bertz CT molecular complexity index is 1250. The lowest BCUT2D eigenvalue weighted by molar-refractivity contribution is -0.135. The molecule has 0 radical (unpaired) electrons. The topological polar surface area (TPSA) is 102 Å². The van der Waals surface area contributed by atoms with Crippen LogP contribution in [0.5, 0.6) is 0 Å². The summed E-state index contributed by atoms with van der Waals surface area (Å²) in [5.74, 6) is -1.93. The van der Waals surface area contributed by atoms with Gasteiger partial charge in [0.1, 0.15) is 11.8 Å². The summed E-state index contributed by atoms with van der Waals surface area (Å²) in [4.78, 5) is 51.2. The van der Waals surface area contributed by atoms with Crippen LogP contribution in [0.3, 0.4) is 0 Å². The summed E-state index contributed by atoms with van der Waals surface area (Å²) in [5.41, 5.74) is 2.21. The zero-order chi connectivity index (χ0) is 28.0. The van der Waals surface area contributed by atoms with Crippen molar-refractivity contribution in [3.8, 4) is 0 Å². The second-order valence-corrected chi connectivity index (χ2v) is 9.78. The molecule has 3 aromatic rings. The normalized spacial score (nSPS) is 12.5. The Morgan fingerprint density at radius 3 is 2.28 bits per heavy atom. The Balaban J connectivity index is 1.60. The third-order valence-corrected chi connectivity index (χ3v) is 6.88. The summed E-state index contributed by atoms with van der Waals surface area (Å²) in [5, 5.41) is 7.48. The predicted octanol–water partition coefficient (Wildman–Crippen LogP) is 4.21. The minimum atomic E-state index is -0.863. The van der Waals surface area contributed by atoms with Crippen molar-refractivity contribution in [1.29, 1.82) is 0 Å². The average Bonchev–Trinajstić information content (AvgIpc) is 2.95. The monoisotopic (exact) mass is 530 g/mol. The number of hydrogen-bond acceptors (Lipinski definition) is 5. The third kappa shape index (κ3) is 9.45. The average molecular weight is 531 g/mol. The molecule has 0 saturated heterocycles. The van der Waals surface area contributed by atoms with Gasteiger partial charge in [-0.25, -0.2) is 0 Å². The van der Waals surface area contributed by atoms with Gasteiger partial charge in [-0.2, -0.15) is 0 Å². The zero-order valence-corrected chi connectivity index (χ0v) is 22.8. The van der Waals surface area contributed by atoms with Crippen LogP contribution in [0.2, 0.25) is 0 Å². The first-order chi connectivity index (χ1) is 18.9. The number of rotatable bonds is 16. The van der Waals surface area contributed by atoms with E-state index in [9.17, 15) is 19.2 Å². The highest BCUT2D eigenvalue weighted by Crippen LogP contribution is 2.20. The number of Topliss-reactive ketones (excluding diaryl/α,β-unsaturated/α-hetero) is 2. The molecule has 0 aromatic heterocycles. The van der Waals surface area contributed by atoms with E-state index in [0.717, 1.165) is 28.3 Å². The summed E-state index contributed by atoms with van der Waals surface area (Å²) < 4.78 is 5.22. The van der Waals surface area contributed by atoms with Crippen molar-refractivity contribution >= 4 is 34.2 Å². The van der Waals surface area contributed by atoms with Crippen molar-refractivity contribution in [3.05, 3.63) is 83.9 Å².